The van der Waals surface area contributed by atoms with Crippen LogP contribution in [0.15, 0.2) is 11.8 Å². The molecule has 0 bridgehead atoms. The second kappa shape index (κ2) is 9.80. The van der Waals surface area contributed by atoms with E-state index >= 15 is 0 Å². The summed E-state index contributed by atoms with van der Waals surface area (Å²) in [6, 6.07) is 0.263. The van der Waals surface area contributed by atoms with E-state index in [2.05, 4.69) is 58.9 Å². The van der Waals surface area contributed by atoms with Crippen molar-refractivity contribution in [1.82, 2.24) is 0 Å². The highest BCUT2D eigenvalue weighted by Gasteiger charge is 2.49. The quantitative estimate of drug-likeness (QED) is 0.214. The van der Waals surface area contributed by atoms with Crippen LogP contribution in [-0.4, -0.2) is 51.4 Å². The molecule has 6 nitrogen and oxygen atoms in total. The molecule has 0 heterocycles. The Morgan fingerprint density at radius 2 is 1.23 bits per heavy atom. The number of carbonyl (C=O) groups is 1. The van der Waals surface area contributed by atoms with Crippen molar-refractivity contribution in [2.45, 2.75) is 78.3 Å². The van der Waals surface area contributed by atoms with E-state index in [1.165, 1.54) is 6.08 Å². The van der Waals surface area contributed by atoms with Crippen LogP contribution in [-0.2, 0) is 21.9 Å². The monoisotopic (exact) mass is 438 g/mol. The molecule has 26 heavy (non-hydrogen) atoms. The zero-order valence-corrected chi connectivity index (χ0v) is 22.2. The summed E-state index contributed by atoms with van der Waals surface area (Å²) in [6.07, 6.45) is 2.15. The standard InChI is InChI=1S/C16H38O6Si4/c1-11-13-19-16(18)15(17)12-14-26(20-23(2,3)4,21-24(5,6)7)22-25(8,9)10/h12,17H,11,13-14H2,1-10H3. The maximum atomic E-state index is 11.9. The molecule has 0 amide bonds. The molecule has 0 aliphatic rings. The number of aliphatic hydroxyl groups is 1. The summed E-state index contributed by atoms with van der Waals surface area (Å²) in [5.74, 6) is -1.13. The SMILES string of the molecule is CCCOC(=O)C(O)=CC[Si](O[Si](C)(C)C)(O[Si](C)(C)C)O[Si](C)(C)C. The molecule has 0 aromatic carbocycles. The molecule has 0 rings (SSSR count). The molecule has 0 unspecified atom stereocenters. The molecule has 0 aromatic rings. The predicted octanol–water partition coefficient (Wildman–Crippen LogP) is 4.87. The summed E-state index contributed by atoms with van der Waals surface area (Å²) >= 11 is 0. The third-order valence-electron chi connectivity index (χ3n) is 2.58. The molecule has 1 N–H and O–H groups in total. The largest absolute Gasteiger partial charge is 0.502 e. The maximum absolute atomic E-state index is 11.9. The van der Waals surface area contributed by atoms with Crippen LogP contribution in [0, 0.1) is 0 Å². The van der Waals surface area contributed by atoms with Gasteiger partial charge in [0.05, 0.1) is 6.61 Å². The lowest BCUT2D eigenvalue weighted by Crippen LogP contribution is -2.60. The third kappa shape index (κ3) is 12.2. The van der Waals surface area contributed by atoms with Gasteiger partial charge in [-0.05, 0) is 71.4 Å². The van der Waals surface area contributed by atoms with Crippen LogP contribution in [0.25, 0.3) is 0 Å². The van der Waals surface area contributed by atoms with Crippen LogP contribution < -0.4 is 0 Å². The third-order valence-corrected chi connectivity index (χ3v) is 14.4. The Balaban J connectivity index is 5.74. The smallest absolute Gasteiger partial charge is 0.473 e. The molecule has 0 spiro atoms. The van der Waals surface area contributed by atoms with Crippen molar-refractivity contribution in [3.63, 3.8) is 0 Å². The second-order valence-electron chi connectivity index (χ2n) is 9.26. The van der Waals surface area contributed by atoms with Gasteiger partial charge in [0.15, 0.2) is 30.7 Å². The number of allylic oxidation sites excluding steroid dienone is 1. The van der Waals surface area contributed by atoms with Crippen molar-refractivity contribution in [3.05, 3.63) is 11.8 Å². The Bertz CT molecular complexity index is 448. The Labute approximate surface area is 163 Å². The first-order valence-corrected chi connectivity index (χ1v) is 21.3. The Morgan fingerprint density at radius 1 is 0.846 bits per heavy atom. The molecule has 0 aliphatic carbocycles. The Morgan fingerprint density at radius 3 is 1.54 bits per heavy atom. The highest BCUT2D eigenvalue weighted by atomic mass is 28.5. The van der Waals surface area contributed by atoms with Gasteiger partial charge in [0.2, 0.25) is 0 Å². The van der Waals surface area contributed by atoms with E-state index in [4.69, 9.17) is 17.1 Å². The summed E-state index contributed by atoms with van der Waals surface area (Å²) in [6.45, 7) is 21.0. The molecule has 0 saturated heterocycles. The van der Waals surface area contributed by atoms with Gasteiger partial charge in [0.1, 0.15) is 0 Å². The number of esters is 1. The first kappa shape index (κ1) is 25.8. The fraction of sp³-hybridized carbons (Fsp3) is 0.812. The van der Waals surface area contributed by atoms with Crippen LogP contribution in [0.5, 0.6) is 0 Å². The Kier molecular flexibility index (Phi) is 9.71. The second-order valence-corrected chi connectivity index (χ2v) is 26.2. The van der Waals surface area contributed by atoms with Crippen molar-refractivity contribution >= 4 is 39.7 Å². The summed E-state index contributed by atoms with van der Waals surface area (Å²) in [5, 5.41) is 10.1. The van der Waals surface area contributed by atoms with Gasteiger partial charge in [-0.15, -0.1) is 0 Å². The molecule has 0 aromatic heterocycles. The van der Waals surface area contributed by atoms with Gasteiger partial charge < -0.3 is 22.2 Å². The van der Waals surface area contributed by atoms with Crippen molar-refractivity contribution in [2.75, 3.05) is 6.61 Å². The normalized spacial score (nSPS) is 14.5. The van der Waals surface area contributed by atoms with Gasteiger partial charge in [-0.3, -0.25) is 0 Å². The summed E-state index contributed by atoms with van der Waals surface area (Å²) in [5.41, 5.74) is 0. The number of ether oxygens (including phenoxy) is 1. The lowest BCUT2D eigenvalue weighted by molar-refractivity contribution is -0.142. The van der Waals surface area contributed by atoms with Crippen LogP contribution >= 0.6 is 0 Å². The van der Waals surface area contributed by atoms with Gasteiger partial charge in [0, 0.05) is 6.04 Å². The molecular weight excluding hydrogens is 401 g/mol. The van der Waals surface area contributed by atoms with Crippen LogP contribution in [0.3, 0.4) is 0 Å². The van der Waals surface area contributed by atoms with Crippen LogP contribution in [0.1, 0.15) is 13.3 Å². The van der Waals surface area contributed by atoms with E-state index in [1.807, 2.05) is 6.92 Å². The molecule has 0 atom stereocenters. The Hall–Kier alpha value is -0.242. The van der Waals surface area contributed by atoms with E-state index in [9.17, 15) is 9.90 Å². The van der Waals surface area contributed by atoms with Crippen LogP contribution in [0.2, 0.25) is 65.0 Å². The average Bonchev–Trinajstić information content (AvgIpc) is 2.36. The fourth-order valence-corrected chi connectivity index (χ4v) is 16.4. The van der Waals surface area contributed by atoms with E-state index in [-0.39, 0.29) is 12.7 Å². The van der Waals surface area contributed by atoms with Gasteiger partial charge in [0.25, 0.3) is 0 Å². The summed E-state index contributed by atoms with van der Waals surface area (Å²) in [4.78, 5) is 11.9. The van der Waals surface area contributed by atoms with E-state index in [1.54, 1.807) is 0 Å². The topological polar surface area (TPSA) is 74.2 Å². The number of aliphatic hydroxyl groups excluding tert-OH is 1. The zero-order chi connectivity index (χ0) is 20.8. The van der Waals surface area contributed by atoms with E-state index in [0.717, 1.165) is 0 Å². The molecule has 154 valence electrons. The molecule has 0 fully saturated rings. The minimum atomic E-state index is -3.10. The zero-order valence-electron chi connectivity index (χ0n) is 18.2. The lowest BCUT2D eigenvalue weighted by Gasteiger charge is -2.42. The van der Waals surface area contributed by atoms with Gasteiger partial charge in [-0.2, -0.15) is 0 Å². The highest BCUT2D eigenvalue weighted by Crippen LogP contribution is 2.29. The van der Waals surface area contributed by atoms with Crippen molar-refractivity contribution in [2.24, 2.45) is 0 Å². The number of carbonyl (C=O) groups excluding carboxylic acids is 1. The van der Waals surface area contributed by atoms with E-state index < -0.39 is 45.5 Å². The summed E-state index contributed by atoms with van der Waals surface area (Å²) < 4.78 is 24.4. The van der Waals surface area contributed by atoms with Gasteiger partial charge in [-0.1, -0.05) is 6.92 Å². The summed E-state index contributed by atoms with van der Waals surface area (Å²) in [7, 11) is -9.05. The number of rotatable bonds is 11. The van der Waals surface area contributed by atoms with Crippen LogP contribution in [0.4, 0.5) is 0 Å². The molecule has 0 radical (unpaired) electrons. The maximum Gasteiger partial charge on any atom is 0.473 e. The lowest BCUT2D eigenvalue weighted by atomic mass is 10.4. The van der Waals surface area contributed by atoms with Crippen molar-refractivity contribution in [1.29, 1.82) is 0 Å². The first-order valence-electron chi connectivity index (χ1n) is 9.15. The van der Waals surface area contributed by atoms with Crippen molar-refractivity contribution in [3.8, 4) is 0 Å². The fourth-order valence-electron chi connectivity index (χ4n) is 2.16. The minimum absolute atomic E-state index is 0.263. The van der Waals surface area contributed by atoms with Gasteiger partial charge >= 0.3 is 14.8 Å². The molecule has 0 saturated carbocycles. The molecule has 10 heteroatoms. The van der Waals surface area contributed by atoms with E-state index in [0.29, 0.717) is 6.42 Å². The molecular formula is C16H38O6Si4. The predicted molar refractivity (Wildman–Crippen MR) is 116 cm³/mol. The van der Waals surface area contributed by atoms with Crippen molar-refractivity contribution < 1.29 is 27.0 Å². The number of hydrogen-bond acceptors (Lipinski definition) is 6. The first-order chi connectivity index (χ1) is 11.5. The number of hydrogen-bond donors (Lipinski definition) is 1. The van der Waals surface area contributed by atoms with Gasteiger partial charge in [-0.25, -0.2) is 4.79 Å². The molecule has 0 aliphatic heterocycles. The highest BCUT2D eigenvalue weighted by molar-refractivity contribution is 6.90. The average molecular weight is 439 g/mol. The minimum Gasteiger partial charge on any atom is -0.502 e.